The molecular formula is C12H14ClNO2. The number of nitrogens with two attached hydrogens (primary N) is 1. The lowest BCUT2D eigenvalue weighted by Gasteiger charge is -2.24. The second kappa shape index (κ2) is 4.44. The summed E-state index contributed by atoms with van der Waals surface area (Å²) < 4.78 is 4.75. The van der Waals surface area contributed by atoms with Gasteiger partial charge in [-0.15, -0.1) is 0 Å². The van der Waals surface area contributed by atoms with Crippen LogP contribution in [0.4, 0.5) is 0 Å². The predicted molar refractivity (Wildman–Crippen MR) is 62.7 cm³/mol. The Morgan fingerprint density at radius 1 is 1.56 bits per heavy atom. The highest BCUT2D eigenvalue weighted by Gasteiger charge is 2.24. The summed E-state index contributed by atoms with van der Waals surface area (Å²) in [7, 11) is 1.36. The summed E-state index contributed by atoms with van der Waals surface area (Å²) in [6.07, 6.45) is 2.78. The molecule has 0 aromatic heterocycles. The molecule has 0 fully saturated rings. The number of carbonyl (C=O) groups excluding carboxylic acids is 1. The molecule has 0 saturated carbocycles. The van der Waals surface area contributed by atoms with Gasteiger partial charge in [0.2, 0.25) is 0 Å². The Bertz CT molecular complexity index is 431. The minimum absolute atomic E-state index is 0.00410. The first kappa shape index (κ1) is 11.4. The molecule has 1 aliphatic rings. The summed E-state index contributed by atoms with van der Waals surface area (Å²) in [5.74, 6) is -0.379. The molecule has 2 rings (SSSR count). The molecule has 1 aromatic rings. The smallest absolute Gasteiger partial charge is 0.339 e. The Kier molecular flexibility index (Phi) is 3.17. The van der Waals surface area contributed by atoms with Crippen LogP contribution in [0.5, 0.6) is 0 Å². The maximum Gasteiger partial charge on any atom is 0.339 e. The minimum atomic E-state index is -0.379. The third-order valence-electron chi connectivity index (χ3n) is 3.03. The SMILES string of the molecule is COC(=O)c1c(Cl)ccc2c1CCC[C@@H]2N. The van der Waals surface area contributed by atoms with Crippen LogP contribution in [0.25, 0.3) is 0 Å². The average Bonchev–Trinajstić information content (AvgIpc) is 2.28. The van der Waals surface area contributed by atoms with Crippen molar-refractivity contribution in [1.29, 1.82) is 0 Å². The van der Waals surface area contributed by atoms with Gasteiger partial charge in [0.25, 0.3) is 0 Å². The van der Waals surface area contributed by atoms with Crippen molar-refractivity contribution < 1.29 is 9.53 Å². The van der Waals surface area contributed by atoms with Crippen molar-refractivity contribution >= 4 is 17.6 Å². The van der Waals surface area contributed by atoms with Gasteiger partial charge in [-0.25, -0.2) is 4.79 Å². The number of halogens is 1. The zero-order valence-corrected chi connectivity index (χ0v) is 9.88. The number of rotatable bonds is 1. The van der Waals surface area contributed by atoms with E-state index in [2.05, 4.69) is 0 Å². The van der Waals surface area contributed by atoms with E-state index >= 15 is 0 Å². The normalized spacial score (nSPS) is 19.1. The molecule has 0 radical (unpaired) electrons. The molecule has 1 aromatic carbocycles. The van der Waals surface area contributed by atoms with Crippen molar-refractivity contribution in [2.45, 2.75) is 25.3 Å². The first-order valence-electron chi connectivity index (χ1n) is 5.30. The van der Waals surface area contributed by atoms with Gasteiger partial charge < -0.3 is 10.5 Å². The number of methoxy groups -OCH3 is 1. The molecule has 0 saturated heterocycles. The highest BCUT2D eigenvalue weighted by Crippen LogP contribution is 2.34. The number of carbonyl (C=O) groups is 1. The molecule has 3 nitrogen and oxygen atoms in total. The van der Waals surface area contributed by atoms with E-state index in [4.69, 9.17) is 22.1 Å². The number of ether oxygens (including phenoxy) is 1. The second-order valence-corrected chi connectivity index (χ2v) is 4.39. The molecule has 0 unspecified atom stereocenters. The van der Waals surface area contributed by atoms with Crippen LogP contribution in [0.1, 0.15) is 40.4 Å². The Labute approximate surface area is 99.5 Å². The van der Waals surface area contributed by atoms with Crippen molar-refractivity contribution in [3.05, 3.63) is 33.8 Å². The fraction of sp³-hybridized carbons (Fsp3) is 0.417. The van der Waals surface area contributed by atoms with Crippen LogP contribution in [-0.2, 0) is 11.2 Å². The largest absolute Gasteiger partial charge is 0.465 e. The van der Waals surface area contributed by atoms with Gasteiger partial charge in [-0.3, -0.25) is 0 Å². The Balaban J connectivity index is 2.58. The van der Waals surface area contributed by atoms with Crippen molar-refractivity contribution in [1.82, 2.24) is 0 Å². The summed E-state index contributed by atoms with van der Waals surface area (Å²) in [5.41, 5.74) is 8.48. The van der Waals surface area contributed by atoms with Crippen LogP contribution in [0, 0.1) is 0 Å². The van der Waals surface area contributed by atoms with Gasteiger partial charge in [0.1, 0.15) is 0 Å². The van der Waals surface area contributed by atoms with E-state index in [1.54, 1.807) is 6.07 Å². The first-order chi connectivity index (χ1) is 7.65. The molecule has 1 atom stereocenters. The summed E-state index contributed by atoms with van der Waals surface area (Å²) in [5, 5.41) is 0.444. The lowest BCUT2D eigenvalue weighted by Crippen LogP contribution is -2.20. The van der Waals surface area contributed by atoms with Crippen molar-refractivity contribution in [3.63, 3.8) is 0 Å². The zero-order valence-electron chi connectivity index (χ0n) is 9.13. The van der Waals surface area contributed by atoms with Gasteiger partial charge in [-0.1, -0.05) is 17.7 Å². The van der Waals surface area contributed by atoms with Crippen molar-refractivity contribution in [3.8, 4) is 0 Å². The fourth-order valence-electron chi connectivity index (χ4n) is 2.23. The lowest BCUT2D eigenvalue weighted by molar-refractivity contribution is 0.0599. The second-order valence-electron chi connectivity index (χ2n) is 3.98. The standard InChI is InChI=1S/C12H14ClNO2/c1-16-12(15)11-8-3-2-4-10(14)7(8)5-6-9(11)13/h5-6,10H,2-4,14H2,1H3/t10-/m0/s1. The Morgan fingerprint density at radius 3 is 3.00 bits per heavy atom. The summed E-state index contributed by atoms with van der Waals surface area (Å²) >= 11 is 6.04. The molecule has 86 valence electrons. The van der Waals surface area contributed by atoms with Gasteiger partial charge in [0.15, 0.2) is 0 Å². The predicted octanol–water partition coefficient (Wildman–Crippen LogP) is 2.46. The van der Waals surface area contributed by atoms with Crippen LogP contribution in [0.15, 0.2) is 12.1 Å². The van der Waals surface area contributed by atoms with Crippen LogP contribution in [-0.4, -0.2) is 13.1 Å². The molecule has 4 heteroatoms. The highest BCUT2D eigenvalue weighted by molar-refractivity contribution is 6.33. The number of hydrogen-bond donors (Lipinski definition) is 1. The monoisotopic (exact) mass is 239 g/mol. The van der Waals surface area contributed by atoms with Gasteiger partial charge in [0, 0.05) is 6.04 Å². The summed E-state index contributed by atoms with van der Waals surface area (Å²) in [6, 6.07) is 3.63. The molecule has 0 amide bonds. The number of fused-ring (bicyclic) bond motifs is 1. The lowest BCUT2D eigenvalue weighted by atomic mass is 9.85. The highest BCUT2D eigenvalue weighted by atomic mass is 35.5. The van der Waals surface area contributed by atoms with E-state index in [0.717, 1.165) is 30.4 Å². The van der Waals surface area contributed by atoms with E-state index in [0.29, 0.717) is 10.6 Å². The fourth-order valence-corrected chi connectivity index (χ4v) is 2.48. The Morgan fingerprint density at radius 2 is 2.31 bits per heavy atom. The molecular weight excluding hydrogens is 226 g/mol. The summed E-state index contributed by atoms with van der Waals surface area (Å²) in [4.78, 5) is 11.7. The maximum atomic E-state index is 11.7. The Hall–Kier alpha value is -1.06. The van der Waals surface area contributed by atoms with Crippen LogP contribution in [0.2, 0.25) is 5.02 Å². The maximum absolute atomic E-state index is 11.7. The van der Waals surface area contributed by atoms with Gasteiger partial charge in [-0.05, 0) is 36.5 Å². The molecule has 0 spiro atoms. The van der Waals surface area contributed by atoms with Crippen molar-refractivity contribution in [2.75, 3.05) is 7.11 Å². The third kappa shape index (κ3) is 1.81. The van der Waals surface area contributed by atoms with Crippen LogP contribution >= 0.6 is 11.6 Å². The molecule has 1 aliphatic carbocycles. The van der Waals surface area contributed by atoms with Crippen LogP contribution < -0.4 is 5.73 Å². The summed E-state index contributed by atoms with van der Waals surface area (Å²) in [6.45, 7) is 0. The van der Waals surface area contributed by atoms with Gasteiger partial charge in [0.05, 0.1) is 17.7 Å². The van der Waals surface area contributed by atoms with E-state index in [9.17, 15) is 4.79 Å². The number of esters is 1. The van der Waals surface area contributed by atoms with Gasteiger partial charge in [-0.2, -0.15) is 0 Å². The van der Waals surface area contributed by atoms with E-state index in [-0.39, 0.29) is 12.0 Å². The zero-order chi connectivity index (χ0) is 11.7. The topological polar surface area (TPSA) is 52.3 Å². The van der Waals surface area contributed by atoms with E-state index in [1.807, 2.05) is 6.07 Å². The van der Waals surface area contributed by atoms with Crippen molar-refractivity contribution in [2.24, 2.45) is 5.73 Å². The van der Waals surface area contributed by atoms with E-state index in [1.165, 1.54) is 7.11 Å². The third-order valence-corrected chi connectivity index (χ3v) is 3.34. The molecule has 0 aliphatic heterocycles. The average molecular weight is 240 g/mol. The quantitative estimate of drug-likeness (QED) is 0.766. The molecule has 16 heavy (non-hydrogen) atoms. The van der Waals surface area contributed by atoms with Crippen LogP contribution in [0.3, 0.4) is 0 Å². The van der Waals surface area contributed by atoms with E-state index < -0.39 is 0 Å². The molecule has 0 bridgehead atoms. The number of benzene rings is 1. The number of hydrogen-bond acceptors (Lipinski definition) is 3. The van der Waals surface area contributed by atoms with Gasteiger partial charge >= 0.3 is 5.97 Å². The molecule has 2 N–H and O–H groups in total. The first-order valence-corrected chi connectivity index (χ1v) is 5.68. The minimum Gasteiger partial charge on any atom is -0.465 e. The molecule has 0 heterocycles.